The molecular formula is C8H17N. The minimum atomic E-state index is 1.10. The summed E-state index contributed by atoms with van der Waals surface area (Å²) < 4.78 is 0. The van der Waals surface area contributed by atoms with Crippen molar-refractivity contribution in [1.82, 2.24) is 4.90 Å². The molecule has 1 nitrogen and oxygen atoms in total. The lowest BCUT2D eigenvalue weighted by Crippen LogP contribution is -2.22. The molecule has 0 fully saturated rings. The van der Waals surface area contributed by atoms with Crippen LogP contribution in [-0.2, 0) is 0 Å². The Balaban J connectivity index is 3.31. The molecular weight excluding hydrogens is 110 g/mol. The van der Waals surface area contributed by atoms with Crippen molar-refractivity contribution in [1.29, 1.82) is 0 Å². The van der Waals surface area contributed by atoms with Crippen LogP contribution in [0.25, 0.3) is 0 Å². The van der Waals surface area contributed by atoms with Crippen molar-refractivity contribution in [3.63, 3.8) is 0 Å². The Morgan fingerprint density at radius 3 is 2.11 bits per heavy atom. The molecule has 0 aliphatic rings. The lowest BCUT2D eigenvalue weighted by Gasteiger charge is -2.14. The summed E-state index contributed by atoms with van der Waals surface area (Å²) in [5, 5.41) is 0. The van der Waals surface area contributed by atoms with Gasteiger partial charge in [0.2, 0.25) is 0 Å². The Hall–Kier alpha value is -0.300. The van der Waals surface area contributed by atoms with E-state index in [1.807, 2.05) is 0 Å². The van der Waals surface area contributed by atoms with Crippen LogP contribution in [0.15, 0.2) is 12.2 Å². The number of hydrogen-bond acceptors (Lipinski definition) is 1. The lowest BCUT2D eigenvalue weighted by molar-refractivity contribution is 0.337. The van der Waals surface area contributed by atoms with Crippen molar-refractivity contribution in [2.45, 2.75) is 20.8 Å². The van der Waals surface area contributed by atoms with Crippen LogP contribution >= 0.6 is 0 Å². The monoisotopic (exact) mass is 127 g/mol. The van der Waals surface area contributed by atoms with Gasteiger partial charge >= 0.3 is 0 Å². The Bertz CT molecular complexity index is 72.6. The van der Waals surface area contributed by atoms with E-state index in [2.05, 4.69) is 37.8 Å². The Kier molecular flexibility index (Phi) is 5.64. The summed E-state index contributed by atoms with van der Waals surface area (Å²) in [4.78, 5) is 2.38. The number of allylic oxidation sites excluding steroid dienone is 1. The summed E-state index contributed by atoms with van der Waals surface area (Å²) in [6, 6.07) is 0. The van der Waals surface area contributed by atoms with Crippen LogP contribution in [0.2, 0.25) is 0 Å². The van der Waals surface area contributed by atoms with Crippen LogP contribution in [0.5, 0.6) is 0 Å². The molecule has 0 N–H and O–H groups in total. The highest BCUT2D eigenvalue weighted by Gasteiger charge is 1.91. The molecule has 1 heteroatoms. The molecule has 0 radical (unpaired) electrons. The van der Waals surface area contributed by atoms with E-state index in [0.29, 0.717) is 0 Å². The Labute approximate surface area is 58.4 Å². The molecule has 0 aliphatic carbocycles. The molecule has 0 aromatic carbocycles. The third-order valence-electron chi connectivity index (χ3n) is 1.49. The maximum absolute atomic E-state index is 2.38. The van der Waals surface area contributed by atoms with Gasteiger partial charge in [-0.3, -0.25) is 0 Å². The number of likely N-dealkylation sites (N-methyl/N-ethyl adjacent to an activating group) is 1. The number of nitrogens with zero attached hydrogens (tertiary/aromatic N) is 1. The van der Waals surface area contributed by atoms with Gasteiger partial charge in [0.25, 0.3) is 0 Å². The lowest BCUT2D eigenvalue weighted by atomic mass is 10.4. The van der Waals surface area contributed by atoms with E-state index in [4.69, 9.17) is 0 Å². The van der Waals surface area contributed by atoms with Gasteiger partial charge in [0.15, 0.2) is 0 Å². The topological polar surface area (TPSA) is 3.24 Å². The molecule has 0 spiro atoms. The molecule has 0 aromatic rings. The molecule has 0 aromatic heterocycles. The van der Waals surface area contributed by atoms with Gasteiger partial charge in [-0.2, -0.15) is 0 Å². The first kappa shape index (κ1) is 8.70. The van der Waals surface area contributed by atoms with Crippen LogP contribution in [0.4, 0.5) is 0 Å². The molecule has 0 saturated heterocycles. The highest BCUT2D eigenvalue weighted by atomic mass is 15.1. The summed E-state index contributed by atoms with van der Waals surface area (Å²) in [6.45, 7) is 9.84. The average Bonchev–Trinajstić information content (AvgIpc) is 1.91. The first-order valence-electron chi connectivity index (χ1n) is 3.68. The van der Waals surface area contributed by atoms with Gasteiger partial charge in [-0.05, 0) is 20.0 Å². The third-order valence-corrected chi connectivity index (χ3v) is 1.49. The van der Waals surface area contributed by atoms with E-state index in [-0.39, 0.29) is 0 Å². The van der Waals surface area contributed by atoms with E-state index in [1.165, 1.54) is 0 Å². The molecule has 0 aliphatic heterocycles. The van der Waals surface area contributed by atoms with Gasteiger partial charge in [0, 0.05) is 6.54 Å². The van der Waals surface area contributed by atoms with E-state index >= 15 is 0 Å². The van der Waals surface area contributed by atoms with Gasteiger partial charge in [0.05, 0.1) is 0 Å². The molecule has 0 heterocycles. The largest absolute Gasteiger partial charge is 0.300 e. The zero-order chi connectivity index (χ0) is 7.11. The molecule has 54 valence electrons. The van der Waals surface area contributed by atoms with Gasteiger partial charge < -0.3 is 4.90 Å². The van der Waals surface area contributed by atoms with Gasteiger partial charge in [0.1, 0.15) is 0 Å². The quantitative estimate of drug-likeness (QED) is 0.521. The molecule has 0 atom stereocenters. The predicted octanol–water partition coefficient (Wildman–Crippen LogP) is 1.90. The Morgan fingerprint density at radius 2 is 1.78 bits per heavy atom. The molecule has 0 unspecified atom stereocenters. The molecule has 0 rings (SSSR count). The van der Waals surface area contributed by atoms with Crippen LogP contribution in [0.1, 0.15) is 20.8 Å². The van der Waals surface area contributed by atoms with Crippen LogP contribution in [0.3, 0.4) is 0 Å². The van der Waals surface area contributed by atoms with Crippen molar-refractivity contribution in [3.8, 4) is 0 Å². The summed E-state index contributed by atoms with van der Waals surface area (Å²) in [5.41, 5.74) is 0. The minimum absolute atomic E-state index is 1.10. The first-order valence-corrected chi connectivity index (χ1v) is 3.68. The molecule has 0 saturated carbocycles. The van der Waals surface area contributed by atoms with E-state index in [0.717, 1.165) is 19.6 Å². The van der Waals surface area contributed by atoms with Crippen LogP contribution in [-0.4, -0.2) is 24.5 Å². The standard InChI is InChI=1S/C8H17N/c1-4-7-8-9(5-2)6-3/h4,7H,5-6,8H2,1-3H3/b7-4-. The summed E-state index contributed by atoms with van der Waals surface area (Å²) >= 11 is 0. The average molecular weight is 127 g/mol. The molecule has 0 amide bonds. The van der Waals surface area contributed by atoms with Gasteiger partial charge in [-0.15, -0.1) is 0 Å². The van der Waals surface area contributed by atoms with E-state index in [1.54, 1.807) is 0 Å². The fourth-order valence-corrected chi connectivity index (χ4v) is 0.736. The smallest absolute Gasteiger partial charge is 0.0162 e. The maximum atomic E-state index is 2.38. The normalized spacial score (nSPS) is 11.6. The van der Waals surface area contributed by atoms with Crippen molar-refractivity contribution in [2.75, 3.05) is 19.6 Å². The van der Waals surface area contributed by atoms with Crippen LogP contribution < -0.4 is 0 Å². The maximum Gasteiger partial charge on any atom is 0.0162 e. The number of hydrogen-bond donors (Lipinski definition) is 0. The Morgan fingerprint density at radius 1 is 1.22 bits per heavy atom. The number of rotatable bonds is 4. The molecule has 0 bridgehead atoms. The zero-order valence-corrected chi connectivity index (χ0v) is 6.72. The summed E-state index contributed by atoms with van der Waals surface area (Å²) in [7, 11) is 0. The second kappa shape index (κ2) is 5.83. The van der Waals surface area contributed by atoms with Crippen LogP contribution in [0, 0.1) is 0 Å². The second-order valence-electron chi connectivity index (χ2n) is 2.05. The van der Waals surface area contributed by atoms with Gasteiger partial charge in [-0.1, -0.05) is 26.0 Å². The highest BCUT2D eigenvalue weighted by Crippen LogP contribution is 1.85. The SMILES string of the molecule is C/C=C\CN(CC)CC. The minimum Gasteiger partial charge on any atom is -0.300 e. The third kappa shape index (κ3) is 4.22. The van der Waals surface area contributed by atoms with E-state index in [9.17, 15) is 0 Å². The highest BCUT2D eigenvalue weighted by molar-refractivity contribution is 4.80. The first-order chi connectivity index (χ1) is 4.35. The van der Waals surface area contributed by atoms with Crippen molar-refractivity contribution in [2.24, 2.45) is 0 Å². The predicted molar refractivity (Wildman–Crippen MR) is 42.6 cm³/mol. The van der Waals surface area contributed by atoms with Crippen molar-refractivity contribution in [3.05, 3.63) is 12.2 Å². The van der Waals surface area contributed by atoms with Crippen molar-refractivity contribution >= 4 is 0 Å². The van der Waals surface area contributed by atoms with Crippen molar-refractivity contribution < 1.29 is 0 Å². The van der Waals surface area contributed by atoms with Gasteiger partial charge in [-0.25, -0.2) is 0 Å². The summed E-state index contributed by atoms with van der Waals surface area (Å²) in [5.74, 6) is 0. The molecule has 9 heavy (non-hydrogen) atoms. The second-order valence-corrected chi connectivity index (χ2v) is 2.05. The fraction of sp³-hybridized carbons (Fsp3) is 0.750. The summed E-state index contributed by atoms with van der Waals surface area (Å²) in [6.07, 6.45) is 4.28. The van der Waals surface area contributed by atoms with E-state index < -0.39 is 0 Å². The zero-order valence-electron chi connectivity index (χ0n) is 6.72. The fourth-order valence-electron chi connectivity index (χ4n) is 0.736.